The monoisotopic (exact) mass is 384 g/mol. The van der Waals surface area contributed by atoms with E-state index in [1.165, 1.54) is 30.3 Å². The fraction of sp³-hybridized carbons (Fsp3) is 0.238. The molecule has 0 fully saturated rings. The Kier molecular flexibility index (Phi) is 5.75. The van der Waals surface area contributed by atoms with Crippen LogP contribution in [0, 0.1) is 5.82 Å². The molecule has 0 unspecified atom stereocenters. The van der Waals surface area contributed by atoms with E-state index in [2.05, 4.69) is 5.32 Å². The molecule has 7 heteroatoms. The van der Waals surface area contributed by atoms with Crippen LogP contribution in [0.15, 0.2) is 51.7 Å². The van der Waals surface area contributed by atoms with E-state index in [1.54, 1.807) is 24.1 Å². The summed E-state index contributed by atoms with van der Waals surface area (Å²) in [5.74, 6) is -0.644. The van der Waals surface area contributed by atoms with Crippen LogP contribution < -0.4 is 10.9 Å². The third-order valence-electron chi connectivity index (χ3n) is 4.37. The van der Waals surface area contributed by atoms with E-state index in [4.69, 9.17) is 4.42 Å². The number of aryl methyl sites for hydroxylation is 1. The summed E-state index contributed by atoms with van der Waals surface area (Å²) < 4.78 is 18.4. The number of benzene rings is 2. The van der Waals surface area contributed by atoms with Gasteiger partial charge in [0.2, 0.25) is 5.91 Å². The molecule has 0 saturated heterocycles. The number of hydrogen-bond donors (Lipinski definition) is 2. The molecule has 0 radical (unpaired) electrons. The maximum absolute atomic E-state index is 13.2. The highest BCUT2D eigenvalue weighted by Gasteiger charge is 2.13. The molecule has 0 bridgehead atoms. The molecule has 0 aliphatic rings. The minimum atomic E-state index is -0.524. The molecule has 2 N–H and O–H groups in total. The largest absolute Gasteiger partial charge is 0.508 e. The fourth-order valence-corrected chi connectivity index (χ4v) is 3.08. The van der Waals surface area contributed by atoms with Gasteiger partial charge in [-0.05, 0) is 48.9 Å². The maximum Gasteiger partial charge on any atom is 0.336 e. The summed E-state index contributed by atoms with van der Waals surface area (Å²) in [5, 5.41) is 13.4. The van der Waals surface area contributed by atoms with E-state index in [9.17, 15) is 19.1 Å². The number of phenols is 1. The van der Waals surface area contributed by atoms with Gasteiger partial charge in [-0.25, -0.2) is 9.18 Å². The minimum absolute atomic E-state index is 0.0525. The van der Waals surface area contributed by atoms with Crippen molar-refractivity contribution < 1.29 is 18.7 Å². The molecule has 0 saturated carbocycles. The second-order valence-corrected chi connectivity index (χ2v) is 6.65. The standard InChI is InChI=1S/C21H21FN2O4/c1-3-13-7-17-14(8-21(27)28-19(17)10-18(13)25)11-24(2)12-20(26)23-16-6-4-5-15(22)9-16/h4-10,25H,3,11-12H2,1-2H3,(H,23,26). The van der Waals surface area contributed by atoms with Crippen molar-refractivity contribution in [3.05, 3.63) is 69.8 Å². The number of nitrogens with one attached hydrogen (secondary N) is 1. The number of phenolic OH excluding ortho intramolecular Hbond substituents is 1. The van der Waals surface area contributed by atoms with Gasteiger partial charge in [0.15, 0.2) is 0 Å². The number of likely N-dealkylation sites (N-methyl/N-ethyl adjacent to an activating group) is 1. The van der Waals surface area contributed by atoms with Gasteiger partial charge in [0.05, 0.1) is 6.54 Å². The molecule has 0 aliphatic carbocycles. The van der Waals surface area contributed by atoms with Gasteiger partial charge in [0.1, 0.15) is 17.1 Å². The zero-order valence-corrected chi connectivity index (χ0v) is 15.7. The number of fused-ring (bicyclic) bond motifs is 1. The number of carbonyl (C=O) groups is 1. The highest BCUT2D eigenvalue weighted by molar-refractivity contribution is 5.92. The molecule has 3 rings (SSSR count). The number of nitrogens with zero attached hydrogens (tertiary/aromatic N) is 1. The molecule has 1 amide bonds. The number of amides is 1. The Morgan fingerprint density at radius 3 is 2.71 bits per heavy atom. The number of carbonyl (C=O) groups excluding carboxylic acids is 1. The molecule has 0 aliphatic heterocycles. The first-order valence-corrected chi connectivity index (χ1v) is 8.88. The number of rotatable bonds is 6. The van der Waals surface area contributed by atoms with Crippen LogP contribution in [0.4, 0.5) is 10.1 Å². The van der Waals surface area contributed by atoms with Crippen molar-refractivity contribution in [1.82, 2.24) is 4.90 Å². The van der Waals surface area contributed by atoms with Crippen molar-refractivity contribution in [3.63, 3.8) is 0 Å². The van der Waals surface area contributed by atoms with Gasteiger partial charge in [-0.1, -0.05) is 13.0 Å². The van der Waals surface area contributed by atoms with Crippen LogP contribution in [0.25, 0.3) is 11.0 Å². The lowest BCUT2D eigenvalue weighted by Gasteiger charge is -2.17. The maximum atomic E-state index is 13.2. The third kappa shape index (κ3) is 4.55. The fourth-order valence-electron chi connectivity index (χ4n) is 3.08. The van der Waals surface area contributed by atoms with Gasteiger partial charge < -0.3 is 14.8 Å². The highest BCUT2D eigenvalue weighted by atomic mass is 19.1. The summed E-state index contributed by atoms with van der Waals surface area (Å²) in [4.78, 5) is 25.8. The molecule has 3 aromatic rings. The number of hydrogen-bond acceptors (Lipinski definition) is 5. The second-order valence-electron chi connectivity index (χ2n) is 6.65. The molecule has 28 heavy (non-hydrogen) atoms. The number of anilines is 1. The Morgan fingerprint density at radius 2 is 2.00 bits per heavy atom. The summed E-state index contributed by atoms with van der Waals surface area (Å²) >= 11 is 0. The molecule has 1 heterocycles. The molecule has 0 spiro atoms. The van der Waals surface area contributed by atoms with Gasteiger partial charge in [-0.3, -0.25) is 9.69 Å². The van der Waals surface area contributed by atoms with Crippen LogP contribution in [-0.4, -0.2) is 29.5 Å². The van der Waals surface area contributed by atoms with Crippen molar-refractivity contribution in [3.8, 4) is 5.75 Å². The summed E-state index contributed by atoms with van der Waals surface area (Å²) in [5.41, 5.74) is 1.60. The molecule has 0 atom stereocenters. The number of halogens is 1. The van der Waals surface area contributed by atoms with Crippen molar-refractivity contribution in [1.29, 1.82) is 0 Å². The third-order valence-corrected chi connectivity index (χ3v) is 4.37. The van der Waals surface area contributed by atoms with E-state index in [1.807, 2.05) is 6.92 Å². The van der Waals surface area contributed by atoms with Crippen molar-refractivity contribution in [2.24, 2.45) is 0 Å². The van der Waals surface area contributed by atoms with E-state index >= 15 is 0 Å². The van der Waals surface area contributed by atoms with Crippen molar-refractivity contribution in [2.75, 3.05) is 18.9 Å². The van der Waals surface area contributed by atoms with E-state index in [0.29, 0.717) is 35.2 Å². The number of aromatic hydroxyl groups is 1. The SMILES string of the molecule is CCc1cc2c(CN(C)CC(=O)Nc3cccc(F)c3)cc(=O)oc2cc1O. The van der Waals surface area contributed by atoms with Crippen LogP contribution in [0.5, 0.6) is 5.75 Å². The van der Waals surface area contributed by atoms with Crippen LogP contribution in [0.2, 0.25) is 0 Å². The van der Waals surface area contributed by atoms with E-state index in [-0.39, 0.29) is 18.2 Å². The zero-order valence-electron chi connectivity index (χ0n) is 15.7. The van der Waals surface area contributed by atoms with Crippen molar-refractivity contribution >= 4 is 22.6 Å². The van der Waals surface area contributed by atoms with Gasteiger partial charge in [-0.2, -0.15) is 0 Å². The lowest BCUT2D eigenvalue weighted by atomic mass is 10.0. The van der Waals surface area contributed by atoms with Crippen LogP contribution >= 0.6 is 0 Å². The predicted octanol–water partition coefficient (Wildman–Crippen LogP) is 3.27. The molecule has 6 nitrogen and oxygen atoms in total. The summed E-state index contributed by atoms with van der Waals surface area (Å²) in [6, 6.07) is 10.3. The van der Waals surface area contributed by atoms with E-state index in [0.717, 1.165) is 5.56 Å². The second kappa shape index (κ2) is 8.22. The Labute approximate surface area is 161 Å². The Morgan fingerprint density at radius 1 is 1.21 bits per heavy atom. The lowest BCUT2D eigenvalue weighted by Crippen LogP contribution is -2.30. The van der Waals surface area contributed by atoms with Gasteiger partial charge in [0.25, 0.3) is 0 Å². The quantitative estimate of drug-likeness (QED) is 0.638. The van der Waals surface area contributed by atoms with Crippen LogP contribution in [0.1, 0.15) is 18.1 Å². The minimum Gasteiger partial charge on any atom is -0.508 e. The van der Waals surface area contributed by atoms with Crippen molar-refractivity contribution in [2.45, 2.75) is 19.9 Å². The van der Waals surface area contributed by atoms with E-state index < -0.39 is 11.4 Å². The molecular formula is C21H21FN2O4. The normalized spacial score (nSPS) is 11.1. The average Bonchev–Trinajstić information content (AvgIpc) is 2.60. The van der Waals surface area contributed by atoms with Crippen LogP contribution in [-0.2, 0) is 17.8 Å². The smallest absolute Gasteiger partial charge is 0.336 e. The first-order chi connectivity index (χ1) is 13.4. The average molecular weight is 384 g/mol. The Balaban J connectivity index is 1.77. The topological polar surface area (TPSA) is 82.8 Å². The van der Waals surface area contributed by atoms with Gasteiger partial charge >= 0.3 is 5.63 Å². The van der Waals surface area contributed by atoms with Gasteiger partial charge in [0, 0.05) is 29.8 Å². The summed E-state index contributed by atoms with van der Waals surface area (Å²) in [7, 11) is 1.74. The zero-order chi connectivity index (χ0) is 20.3. The molecule has 2 aromatic carbocycles. The first kappa shape index (κ1) is 19.6. The summed E-state index contributed by atoms with van der Waals surface area (Å²) in [6.45, 7) is 2.30. The van der Waals surface area contributed by atoms with Crippen LogP contribution in [0.3, 0.4) is 0 Å². The summed E-state index contributed by atoms with van der Waals surface area (Å²) in [6.07, 6.45) is 0.631. The Hall–Kier alpha value is -3.19. The first-order valence-electron chi connectivity index (χ1n) is 8.88. The molecular weight excluding hydrogens is 363 g/mol. The predicted molar refractivity (Wildman–Crippen MR) is 105 cm³/mol. The lowest BCUT2D eigenvalue weighted by molar-refractivity contribution is -0.117. The molecule has 146 valence electrons. The van der Waals surface area contributed by atoms with Gasteiger partial charge in [-0.15, -0.1) is 0 Å². The Bertz CT molecular complexity index is 1080. The molecule has 1 aromatic heterocycles. The highest BCUT2D eigenvalue weighted by Crippen LogP contribution is 2.27.